The number of aryl methyl sites for hydroxylation is 1. The van der Waals surface area contributed by atoms with Crippen LogP contribution in [0, 0.1) is 0 Å². The molecule has 6 heteroatoms. The number of rotatable bonds is 8. The van der Waals surface area contributed by atoms with Crippen molar-refractivity contribution in [2.75, 3.05) is 0 Å². The fourth-order valence-electron chi connectivity index (χ4n) is 3.02. The van der Waals surface area contributed by atoms with Gasteiger partial charge in [-0.1, -0.05) is 44.9 Å². The molecule has 0 aliphatic carbocycles. The predicted molar refractivity (Wildman–Crippen MR) is 92.7 cm³/mol. The highest BCUT2D eigenvalue weighted by atomic mass is 32.2. The lowest BCUT2D eigenvalue weighted by atomic mass is 10.00. The van der Waals surface area contributed by atoms with Crippen molar-refractivity contribution in [3.63, 3.8) is 0 Å². The lowest BCUT2D eigenvalue weighted by Crippen LogP contribution is -2.48. The first-order chi connectivity index (χ1) is 11.0. The van der Waals surface area contributed by atoms with Crippen LogP contribution in [0.3, 0.4) is 0 Å². The molecular weight excluding hydrogens is 310 g/mol. The van der Waals surface area contributed by atoms with Crippen molar-refractivity contribution >= 4 is 10.0 Å². The molecule has 0 saturated heterocycles. The van der Waals surface area contributed by atoms with E-state index in [0.29, 0.717) is 18.7 Å². The number of imidazole rings is 1. The number of unbranched alkanes of at least 4 members (excludes halogenated alkanes) is 1. The Morgan fingerprint density at radius 2 is 2.26 bits per heavy atom. The third-order valence-corrected chi connectivity index (χ3v) is 6.13. The van der Waals surface area contributed by atoms with E-state index < -0.39 is 10.0 Å². The van der Waals surface area contributed by atoms with Crippen LogP contribution in [-0.2, 0) is 16.4 Å². The highest BCUT2D eigenvalue weighted by molar-refractivity contribution is 7.89. The van der Waals surface area contributed by atoms with Crippen molar-refractivity contribution in [2.45, 2.75) is 69.5 Å². The number of sulfonamides is 1. The maximum atomic E-state index is 13.2. The van der Waals surface area contributed by atoms with E-state index in [2.05, 4.69) is 29.5 Å². The molecule has 0 radical (unpaired) electrons. The molecular formula is C17H27N3O2S. The maximum absolute atomic E-state index is 13.2. The van der Waals surface area contributed by atoms with E-state index in [1.807, 2.05) is 13.0 Å². The monoisotopic (exact) mass is 337 g/mol. The largest absolute Gasteiger partial charge is 0.332 e. The van der Waals surface area contributed by atoms with E-state index in [9.17, 15) is 8.42 Å². The van der Waals surface area contributed by atoms with Crippen LogP contribution in [0.5, 0.6) is 0 Å². The zero-order chi connectivity index (χ0) is 16.9. The Bertz CT molecular complexity index is 649. The summed E-state index contributed by atoms with van der Waals surface area (Å²) in [6.07, 6.45) is 12.3. The molecule has 5 nitrogen and oxygen atoms in total. The second-order valence-electron chi connectivity index (χ2n) is 5.93. The molecule has 1 aliphatic rings. The summed E-state index contributed by atoms with van der Waals surface area (Å²) in [6, 6.07) is -0.162. The summed E-state index contributed by atoms with van der Waals surface area (Å²) in [7, 11) is -3.59. The van der Waals surface area contributed by atoms with Crippen LogP contribution in [0.25, 0.3) is 0 Å². The lowest BCUT2D eigenvalue weighted by Gasteiger charge is -2.37. The molecule has 2 rings (SSSR count). The lowest BCUT2D eigenvalue weighted by molar-refractivity contribution is 0.254. The van der Waals surface area contributed by atoms with E-state index >= 15 is 0 Å². The molecule has 2 atom stereocenters. The molecule has 128 valence electrons. The van der Waals surface area contributed by atoms with Gasteiger partial charge in [-0.15, -0.1) is 6.58 Å². The third kappa shape index (κ3) is 3.93. The number of aromatic amines is 1. The van der Waals surface area contributed by atoms with Gasteiger partial charge in [0.15, 0.2) is 5.03 Å². The van der Waals surface area contributed by atoms with Crippen LogP contribution in [0.4, 0.5) is 0 Å². The van der Waals surface area contributed by atoms with Crippen molar-refractivity contribution in [2.24, 2.45) is 0 Å². The quantitative estimate of drug-likeness (QED) is 0.739. The van der Waals surface area contributed by atoms with Gasteiger partial charge in [0, 0.05) is 18.5 Å². The number of H-pyrrole nitrogens is 1. The minimum absolute atomic E-state index is 0.0715. The van der Waals surface area contributed by atoms with E-state index in [-0.39, 0.29) is 17.1 Å². The first kappa shape index (κ1) is 17.9. The Morgan fingerprint density at radius 3 is 2.87 bits per heavy atom. The van der Waals surface area contributed by atoms with Crippen LogP contribution < -0.4 is 0 Å². The van der Waals surface area contributed by atoms with Gasteiger partial charge in [-0.2, -0.15) is 4.31 Å². The van der Waals surface area contributed by atoms with Crippen LogP contribution in [0.1, 0.15) is 51.8 Å². The molecule has 0 saturated carbocycles. The molecule has 0 aromatic carbocycles. The molecule has 0 amide bonds. The number of nitrogens with zero attached hydrogens (tertiary/aromatic N) is 2. The number of hydrogen-bond acceptors (Lipinski definition) is 3. The Hall–Kier alpha value is -1.40. The van der Waals surface area contributed by atoms with Gasteiger partial charge >= 0.3 is 0 Å². The minimum Gasteiger partial charge on any atom is -0.332 e. The SMILES string of the molecule is C=CC[C@H]1CC=C[C@H](CCCC)N1S(=O)(=O)c1cnc(CC)[nH]1. The Labute approximate surface area is 139 Å². The third-order valence-electron chi connectivity index (χ3n) is 4.24. The smallest absolute Gasteiger partial charge is 0.260 e. The van der Waals surface area contributed by atoms with Gasteiger partial charge in [-0.25, -0.2) is 13.4 Å². The van der Waals surface area contributed by atoms with Crippen molar-refractivity contribution in [3.8, 4) is 0 Å². The summed E-state index contributed by atoms with van der Waals surface area (Å²) < 4.78 is 28.0. The molecule has 1 N–H and O–H groups in total. The first-order valence-electron chi connectivity index (χ1n) is 8.39. The van der Waals surface area contributed by atoms with Crippen LogP contribution in [-0.4, -0.2) is 34.8 Å². The second kappa shape index (κ2) is 7.93. The van der Waals surface area contributed by atoms with Crippen LogP contribution >= 0.6 is 0 Å². The van der Waals surface area contributed by atoms with Gasteiger partial charge in [-0.3, -0.25) is 0 Å². The van der Waals surface area contributed by atoms with Gasteiger partial charge < -0.3 is 4.98 Å². The molecule has 0 unspecified atom stereocenters. The summed E-state index contributed by atoms with van der Waals surface area (Å²) in [5.41, 5.74) is 0. The topological polar surface area (TPSA) is 66.1 Å². The number of nitrogens with one attached hydrogen (secondary N) is 1. The summed E-state index contributed by atoms with van der Waals surface area (Å²) in [6.45, 7) is 7.85. The van der Waals surface area contributed by atoms with Crippen molar-refractivity contribution in [1.29, 1.82) is 0 Å². The second-order valence-corrected chi connectivity index (χ2v) is 7.75. The summed E-state index contributed by atoms with van der Waals surface area (Å²) in [4.78, 5) is 7.10. The van der Waals surface area contributed by atoms with E-state index in [1.54, 1.807) is 10.4 Å². The number of aromatic nitrogens is 2. The standard InChI is InChI=1S/C17H27N3O2S/c1-4-7-10-15-12-8-11-14(9-5-2)20(15)23(21,22)17-13-18-16(6-3)19-17/h5,8,12-15H,2,4,6-7,9-11H2,1,3H3,(H,18,19)/t14-,15-/m0/s1. The normalized spacial score (nSPS) is 22.3. The molecule has 1 aromatic rings. The van der Waals surface area contributed by atoms with Crippen molar-refractivity contribution in [1.82, 2.24) is 14.3 Å². The average Bonchev–Trinajstić information content (AvgIpc) is 3.03. The molecule has 23 heavy (non-hydrogen) atoms. The fourth-order valence-corrected chi connectivity index (χ4v) is 4.78. The van der Waals surface area contributed by atoms with Crippen molar-refractivity contribution in [3.05, 3.63) is 36.8 Å². The van der Waals surface area contributed by atoms with Gasteiger partial charge in [0.1, 0.15) is 5.82 Å². The first-order valence-corrected chi connectivity index (χ1v) is 9.83. The van der Waals surface area contributed by atoms with Gasteiger partial charge in [0.25, 0.3) is 10.0 Å². The molecule has 0 spiro atoms. The zero-order valence-electron chi connectivity index (χ0n) is 14.0. The predicted octanol–water partition coefficient (Wildman–Crippen LogP) is 3.43. The Kier molecular flexibility index (Phi) is 6.18. The highest BCUT2D eigenvalue weighted by Gasteiger charge is 2.37. The van der Waals surface area contributed by atoms with Crippen LogP contribution in [0.15, 0.2) is 36.0 Å². The van der Waals surface area contributed by atoms with Gasteiger partial charge in [0.2, 0.25) is 0 Å². The summed E-state index contributed by atoms with van der Waals surface area (Å²) >= 11 is 0. The maximum Gasteiger partial charge on any atom is 0.260 e. The minimum atomic E-state index is -3.59. The molecule has 0 bridgehead atoms. The summed E-state index contributed by atoms with van der Waals surface area (Å²) in [5, 5.41) is 0.195. The highest BCUT2D eigenvalue weighted by Crippen LogP contribution is 2.30. The molecule has 1 aromatic heterocycles. The Balaban J connectivity index is 2.38. The number of hydrogen-bond donors (Lipinski definition) is 1. The van der Waals surface area contributed by atoms with E-state index in [1.165, 1.54) is 6.20 Å². The van der Waals surface area contributed by atoms with E-state index in [0.717, 1.165) is 25.7 Å². The Morgan fingerprint density at radius 1 is 1.48 bits per heavy atom. The fraction of sp³-hybridized carbons (Fsp3) is 0.588. The summed E-state index contributed by atoms with van der Waals surface area (Å²) in [5.74, 6) is 0.696. The van der Waals surface area contributed by atoms with Crippen LogP contribution in [0.2, 0.25) is 0 Å². The van der Waals surface area contributed by atoms with Gasteiger partial charge in [-0.05, 0) is 19.3 Å². The molecule has 1 aliphatic heterocycles. The molecule has 0 fully saturated rings. The van der Waals surface area contributed by atoms with Crippen molar-refractivity contribution < 1.29 is 8.42 Å². The van der Waals surface area contributed by atoms with Gasteiger partial charge in [0.05, 0.1) is 6.20 Å². The van der Waals surface area contributed by atoms with E-state index in [4.69, 9.17) is 0 Å². The average molecular weight is 337 g/mol. The zero-order valence-corrected chi connectivity index (χ0v) is 14.8. The molecule has 2 heterocycles.